The van der Waals surface area contributed by atoms with Crippen molar-refractivity contribution in [2.45, 2.75) is 25.8 Å². The molecule has 1 aromatic rings. The van der Waals surface area contributed by atoms with E-state index in [0.29, 0.717) is 5.56 Å². The second kappa shape index (κ2) is 5.21. The molecule has 0 bridgehead atoms. The Bertz CT molecular complexity index is 449. The van der Waals surface area contributed by atoms with Gasteiger partial charge in [0.05, 0.1) is 18.7 Å². The number of carbonyl (C=O) groups excluding carboxylic acids is 2. The normalized spacial score (nSPS) is 15.9. The largest absolute Gasteiger partial charge is 0.465 e. The van der Waals surface area contributed by atoms with Crippen LogP contribution in [0, 0.1) is 5.92 Å². The Hall–Kier alpha value is -1.84. The molecule has 1 atom stereocenters. The molecule has 1 amide bonds. The fourth-order valence-electron chi connectivity index (χ4n) is 1.79. The average molecular weight is 247 g/mol. The van der Waals surface area contributed by atoms with E-state index in [4.69, 9.17) is 0 Å². The molecule has 0 radical (unpaired) electrons. The van der Waals surface area contributed by atoms with Gasteiger partial charge in [-0.25, -0.2) is 4.79 Å². The van der Waals surface area contributed by atoms with Crippen molar-refractivity contribution < 1.29 is 14.3 Å². The molecule has 0 aromatic heterocycles. The van der Waals surface area contributed by atoms with E-state index in [0.717, 1.165) is 18.4 Å². The second-order valence-corrected chi connectivity index (χ2v) is 4.62. The van der Waals surface area contributed by atoms with E-state index < -0.39 is 0 Å². The van der Waals surface area contributed by atoms with Crippen molar-refractivity contribution in [1.82, 2.24) is 5.32 Å². The number of hydrogen-bond donors (Lipinski definition) is 1. The third kappa shape index (κ3) is 2.88. The molecule has 1 fully saturated rings. The van der Waals surface area contributed by atoms with Crippen LogP contribution in [0.4, 0.5) is 0 Å². The number of rotatable bonds is 4. The van der Waals surface area contributed by atoms with Crippen molar-refractivity contribution >= 4 is 11.9 Å². The molecule has 4 nitrogen and oxygen atoms in total. The predicted molar refractivity (Wildman–Crippen MR) is 67.1 cm³/mol. The molecule has 0 saturated heterocycles. The molecule has 0 spiro atoms. The SMILES string of the molecule is COC(=O)c1ccc([C@H](C)NC(=O)C2CC2)cc1. The van der Waals surface area contributed by atoms with Gasteiger partial charge >= 0.3 is 5.97 Å². The lowest BCUT2D eigenvalue weighted by molar-refractivity contribution is -0.122. The third-order valence-corrected chi connectivity index (χ3v) is 3.14. The topological polar surface area (TPSA) is 55.4 Å². The predicted octanol–water partition coefficient (Wildman–Crippen LogP) is 2.06. The molecule has 2 rings (SSSR count). The summed E-state index contributed by atoms with van der Waals surface area (Å²) in [5, 5.41) is 2.97. The Labute approximate surface area is 106 Å². The summed E-state index contributed by atoms with van der Waals surface area (Å²) in [6.45, 7) is 1.94. The highest BCUT2D eigenvalue weighted by molar-refractivity contribution is 5.89. The Balaban J connectivity index is 1.99. The van der Waals surface area contributed by atoms with Gasteiger partial charge < -0.3 is 10.1 Å². The van der Waals surface area contributed by atoms with Crippen LogP contribution < -0.4 is 5.32 Å². The Kier molecular flexibility index (Phi) is 3.65. The number of hydrogen-bond acceptors (Lipinski definition) is 3. The first-order chi connectivity index (χ1) is 8.61. The summed E-state index contributed by atoms with van der Waals surface area (Å²) in [5.74, 6) is -0.0162. The van der Waals surface area contributed by atoms with Gasteiger partial charge in [-0.15, -0.1) is 0 Å². The maximum Gasteiger partial charge on any atom is 0.337 e. The average Bonchev–Trinajstić information content (AvgIpc) is 3.22. The van der Waals surface area contributed by atoms with E-state index in [-0.39, 0.29) is 23.8 Å². The molecule has 1 N–H and O–H groups in total. The molecule has 1 saturated carbocycles. The van der Waals surface area contributed by atoms with Gasteiger partial charge in [-0.1, -0.05) is 12.1 Å². The molecule has 0 aliphatic heterocycles. The second-order valence-electron chi connectivity index (χ2n) is 4.62. The van der Waals surface area contributed by atoms with Gasteiger partial charge in [0.15, 0.2) is 0 Å². The van der Waals surface area contributed by atoms with Crippen LogP contribution in [0.25, 0.3) is 0 Å². The maximum atomic E-state index is 11.6. The van der Waals surface area contributed by atoms with Gasteiger partial charge in [0, 0.05) is 5.92 Å². The first kappa shape index (κ1) is 12.6. The van der Waals surface area contributed by atoms with Crippen LogP contribution in [-0.4, -0.2) is 19.0 Å². The van der Waals surface area contributed by atoms with Crippen LogP contribution in [0.2, 0.25) is 0 Å². The van der Waals surface area contributed by atoms with Crippen LogP contribution in [0.5, 0.6) is 0 Å². The molecule has 4 heteroatoms. The minimum absolute atomic E-state index is 0.0372. The quantitative estimate of drug-likeness (QED) is 0.828. The lowest BCUT2D eigenvalue weighted by Crippen LogP contribution is -2.27. The highest BCUT2D eigenvalue weighted by atomic mass is 16.5. The van der Waals surface area contributed by atoms with E-state index >= 15 is 0 Å². The molecule has 1 aliphatic rings. The maximum absolute atomic E-state index is 11.6. The van der Waals surface area contributed by atoms with Gasteiger partial charge in [-0.05, 0) is 37.5 Å². The van der Waals surface area contributed by atoms with E-state index in [2.05, 4.69) is 10.1 Å². The fraction of sp³-hybridized carbons (Fsp3) is 0.429. The van der Waals surface area contributed by atoms with Gasteiger partial charge in [0.2, 0.25) is 5.91 Å². The highest BCUT2D eigenvalue weighted by Gasteiger charge is 2.30. The number of carbonyl (C=O) groups is 2. The Morgan fingerprint density at radius 2 is 1.89 bits per heavy atom. The van der Waals surface area contributed by atoms with E-state index in [1.807, 2.05) is 19.1 Å². The van der Waals surface area contributed by atoms with Gasteiger partial charge in [-0.3, -0.25) is 4.79 Å². The molecule has 0 heterocycles. The van der Waals surface area contributed by atoms with E-state index in [1.165, 1.54) is 7.11 Å². The summed E-state index contributed by atoms with van der Waals surface area (Å²) in [6, 6.07) is 7.06. The monoisotopic (exact) mass is 247 g/mol. The van der Waals surface area contributed by atoms with Crippen LogP contribution >= 0.6 is 0 Å². The summed E-state index contributed by atoms with van der Waals surface area (Å²) in [5.41, 5.74) is 1.50. The number of nitrogens with one attached hydrogen (secondary N) is 1. The van der Waals surface area contributed by atoms with Crippen molar-refractivity contribution in [3.63, 3.8) is 0 Å². The van der Waals surface area contributed by atoms with E-state index in [1.54, 1.807) is 12.1 Å². The number of esters is 1. The molecule has 1 aromatic carbocycles. The number of methoxy groups -OCH3 is 1. The summed E-state index contributed by atoms with van der Waals surface area (Å²) >= 11 is 0. The van der Waals surface area contributed by atoms with Gasteiger partial charge in [0.1, 0.15) is 0 Å². The third-order valence-electron chi connectivity index (χ3n) is 3.14. The zero-order chi connectivity index (χ0) is 13.1. The lowest BCUT2D eigenvalue weighted by atomic mass is 10.1. The van der Waals surface area contributed by atoms with E-state index in [9.17, 15) is 9.59 Å². The van der Waals surface area contributed by atoms with Crippen molar-refractivity contribution in [1.29, 1.82) is 0 Å². The number of benzene rings is 1. The molecular weight excluding hydrogens is 230 g/mol. The highest BCUT2D eigenvalue weighted by Crippen LogP contribution is 2.29. The van der Waals surface area contributed by atoms with Crippen molar-refractivity contribution in [3.8, 4) is 0 Å². The first-order valence-electron chi connectivity index (χ1n) is 6.10. The summed E-state index contributed by atoms with van der Waals surface area (Å²) < 4.78 is 4.63. The van der Waals surface area contributed by atoms with Crippen LogP contribution in [-0.2, 0) is 9.53 Å². The van der Waals surface area contributed by atoms with Crippen molar-refractivity contribution in [2.75, 3.05) is 7.11 Å². The standard InChI is InChI=1S/C14H17NO3/c1-9(15-13(16)11-5-6-11)10-3-7-12(8-4-10)14(17)18-2/h3-4,7-9,11H,5-6H2,1-2H3,(H,15,16)/t9-/m0/s1. The van der Waals surface area contributed by atoms with Crippen LogP contribution in [0.3, 0.4) is 0 Å². The molecule has 96 valence electrons. The van der Waals surface area contributed by atoms with Gasteiger partial charge in [-0.2, -0.15) is 0 Å². The minimum Gasteiger partial charge on any atom is -0.465 e. The smallest absolute Gasteiger partial charge is 0.337 e. The Morgan fingerprint density at radius 3 is 2.39 bits per heavy atom. The summed E-state index contributed by atoms with van der Waals surface area (Å²) in [4.78, 5) is 22.9. The van der Waals surface area contributed by atoms with Crippen molar-refractivity contribution in [3.05, 3.63) is 35.4 Å². The Morgan fingerprint density at radius 1 is 1.28 bits per heavy atom. The molecule has 1 aliphatic carbocycles. The number of amides is 1. The number of ether oxygens (including phenoxy) is 1. The molecular formula is C14H17NO3. The zero-order valence-corrected chi connectivity index (χ0v) is 10.6. The summed E-state index contributed by atoms with van der Waals surface area (Å²) in [6.07, 6.45) is 2.00. The summed E-state index contributed by atoms with van der Waals surface area (Å²) in [7, 11) is 1.36. The van der Waals surface area contributed by atoms with Crippen LogP contribution in [0.15, 0.2) is 24.3 Å². The van der Waals surface area contributed by atoms with Gasteiger partial charge in [0.25, 0.3) is 0 Å². The first-order valence-corrected chi connectivity index (χ1v) is 6.10. The zero-order valence-electron chi connectivity index (χ0n) is 10.6. The molecule has 18 heavy (non-hydrogen) atoms. The lowest BCUT2D eigenvalue weighted by Gasteiger charge is -2.14. The minimum atomic E-state index is -0.351. The van der Waals surface area contributed by atoms with Crippen LogP contribution in [0.1, 0.15) is 41.7 Å². The van der Waals surface area contributed by atoms with Crippen molar-refractivity contribution in [2.24, 2.45) is 5.92 Å². The molecule has 0 unspecified atom stereocenters. The fourth-order valence-corrected chi connectivity index (χ4v) is 1.79.